The summed E-state index contributed by atoms with van der Waals surface area (Å²) in [5.41, 5.74) is 1.38. The number of hydrogen-bond acceptors (Lipinski definition) is 6. The van der Waals surface area contributed by atoms with Crippen molar-refractivity contribution in [1.82, 2.24) is 20.0 Å². The fourth-order valence-corrected chi connectivity index (χ4v) is 3.45. The van der Waals surface area contributed by atoms with E-state index in [1.54, 1.807) is 11.3 Å². The molecule has 3 rings (SSSR count). The number of rotatable bonds is 4. The third kappa shape index (κ3) is 3.40. The van der Waals surface area contributed by atoms with E-state index in [-0.39, 0.29) is 0 Å². The third-order valence-electron chi connectivity index (χ3n) is 3.90. The molecule has 21 heavy (non-hydrogen) atoms. The SMILES string of the molecule is CNc1nnc(CN2CCN(C)CC2c2ccccc2)s1. The number of piperazine rings is 1. The molecule has 0 bridgehead atoms. The van der Waals surface area contributed by atoms with Crippen LogP contribution >= 0.6 is 11.3 Å². The van der Waals surface area contributed by atoms with E-state index in [0.717, 1.165) is 36.3 Å². The van der Waals surface area contributed by atoms with Gasteiger partial charge >= 0.3 is 0 Å². The number of nitrogens with one attached hydrogen (secondary N) is 1. The average Bonchev–Trinajstić information content (AvgIpc) is 2.98. The van der Waals surface area contributed by atoms with Crippen LogP contribution in [0.25, 0.3) is 0 Å². The first-order valence-corrected chi connectivity index (χ1v) is 8.05. The van der Waals surface area contributed by atoms with E-state index in [1.165, 1.54) is 5.56 Å². The topological polar surface area (TPSA) is 44.3 Å². The molecular weight excluding hydrogens is 282 g/mol. The molecule has 1 N–H and O–H groups in total. The molecule has 0 saturated carbocycles. The summed E-state index contributed by atoms with van der Waals surface area (Å²) in [4.78, 5) is 4.91. The highest BCUT2D eigenvalue weighted by molar-refractivity contribution is 7.15. The maximum atomic E-state index is 4.28. The van der Waals surface area contributed by atoms with Crippen LogP contribution in [0.15, 0.2) is 30.3 Å². The quantitative estimate of drug-likeness (QED) is 0.937. The zero-order valence-electron chi connectivity index (χ0n) is 12.5. The molecule has 1 atom stereocenters. The predicted octanol–water partition coefficient (Wildman–Crippen LogP) is 2.07. The fourth-order valence-electron chi connectivity index (χ4n) is 2.73. The first-order chi connectivity index (χ1) is 10.3. The van der Waals surface area contributed by atoms with Crippen LogP contribution < -0.4 is 5.32 Å². The lowest BCUT2D eigenvalue weighted by Gasteiger charge is -2.39. The molecule has 1 aliphatic rings. The summed E-state index contributed by atoms with van der Waals surface area (Å²) in [6.07, 6.45) is 0. The molecule has 1 fully saturated rings. The second-order valence-corrected chi connectivity index (χ2v) is 6.47. The van der Waals surface area contributed by atoms with Crippen molar-refractivity contribution in [3.05, 3.63) is 40.9 Å². The van der Waals surface area contributed by atoms with Gasteiger partial charge in [-0.1, -0.05) is 41.7 Å². The van der Waals surface area contributed by atoms with E-state index >= 15 is 0 Å². The zero-order valence-corrected chi connectivity index (χ0v) is 13.3. The Morgan fingerprint density at radius 2 is 2.05 bits per heavy atom. The minimum absolute atomic E-state index is 0.423. The summed E-state index contributed by atoms with van der Waals surface area (Å²) >= 11 is 1.64. The molecule has 1 unspecified atom stereocenters. The Hall–Kier alpha value is -1.50. The molecule has 0 aliphatic carbocycles. The Morgan fingerprint density at radius 3 is 2.76 bits per heavy atom. The van der Waals surface area contributed by atoms with Gasteiger partial charge in [-0.3, -0.25) is 4.90 Å². The molecule has 2 heterocycles. The van der Waals surface area contributed by atoms with Crippen LogP contribution in [0, 0.1) is 0 Å². The highest BCUT2D eigenvalue weighted by atomic mass is 32.1. The first kappa shape index (κ1) is 14.4. The average molecular weight is 303 g/mol. The molecule has 1 aliphatic heterocycles. The lowest BCUT2D eigenvalue weighted by molar-refractivity contribution is 0.0831. The number of anilines is 1. The third-order valence-corrected chi connectivity index (χ3v) is 4.82. The summed E-state index contributed by atoms with van der Waals surface area (Å²) < 4.78 is 0. The highest BCUT2D eigenvalue weighted by Crippen LogP contribution is 2.27. The van der Waals surface area contributed by atoms with Gasteiger partial charge in [-0.15, -0.1) is 10.2 Å². The zero-order chi connectivity index (χ0) is 14.7. The van der Waals surface area contributed by atoms with Crippen LogP contribution in [-0.4, -0.2) is 53.7 Å². The van der Waals surface area contributed by atoms with Gasteiger partial charge in [0.05, 0.1) is 6.54 Å². The van der Waals surface area contributed by atoms with Crippen LogP contribution in [0.2, 0.25) is 0 Å². The molecule has 0 spiro atoms. The van der Waals surface area contributed by atoms with Crippen molar-refractivity contribution in [2.45, 2.75) is 12.6 Å². The van der Waals surface area contributed by atoms with Crippen LogP contribution in [0.5, 0.6) is 0 Å². The van der Waals surface area contributed by atoms with Crippen molar-refractivity contribution < 1.29 is 0 Å². The first-order valence-electron chi connectivity index (χ1n) is 7.24. The fraction of sp³-hybridized carbons (Fsp3) is 0.467. The molecule has 1 aromatic carbocycles. The molecule has 1 saturated heterocycles. The van der Waals surface area contributed by atoms with Crippen molar-refractivity contribution in [3.63, 3.8) is 0 Å². The Labute approximate surface area is 129 Å². The van der Waals surface area contributed by atoms with Gasteiger partial charge in [0, 0.05) is 32.7 Å². The summed E-state index contributed by atoms with van der Waals surface area (Å²) in [6, 6.07) is 11.2. The smallest absolute Gasteiger partial charge is 0.205 e. The number of aromatic nitrogens is 2. The van der Waals surface area contributed by atoms with E-state index in [0.29, 0.717) is 6.04 Å². The Balaban J connectivity index is 1.77. The summed E-state index contributed by atoms with van der Waals surface area (Å²) in [5, 5.41) is 13.4. The van der Waals surface area contributed by atoms with Gasteiger partial charge in [-0.2, -0.15) is 0 Å². The van der Waals surface area contributed by atoms with Gasteiger partial charge < -0.3 is 10.2 Å². The van der Waals surface area contributed by atoms with Crippen molar-refractivity contribution in [3.8, 4) is 0 Å². The molecule has 0 amide bonds. The van der Waals surface area contributed by atoms with Crippen molar-refractivity contribution in [2.75, 3.05) is 39.0 Å². The number of likely N-dealkylation sites (N-methyl/N-ethyl adjacent to an activating group) is 1. The molecule has 2 aromatic rings. The van der Waals surface area contributed by atoms with Crippen LogP contribution in [0.1, 0.15) is 16.6 Å². The second-order valence-electron chi connectivity index (χ2n) is 5.41. The summed E-state index contributed by atoms with van der Waals surface area (Å²) in [7, 11) is 4.07. The minimum atomic E-state index is 0.423. The molecule has 1 aromatic heterocycles. The normalized spacial score (nSPS) is 20.6. The van der Waals surface area contributed by atoms with Gasteiger partial charge in [0.15, 0.2) is 0 Å². The number of nitrogens with zero attached hydrogens (tertiary/aromatic N) is 4. The van der Waals surface area contributed by atoms with E-state index in [2.05, 4.69) is 62.7 Å². The van der Waals surface area contributed by atoms with Crippen LogP contribution in [-0.2, 0) is 6.54 Å². The lowest BCUT2D eigenvalue weighted by Crippen LogP contribution is -2.46. The molecule has 6 heteroatoms. The summed E-state index contributed by atoms with van der Waals surface area (Å²) in [5.74, 6) is 0. The molecule has 5 nitrogen and oxygen atoms in total. The Kier molecular flexibility index (Phi) is 4.48. The largest absolute Gasteiger partial charge is 0.363 e. The van der Waals surface area contributed by atoms with Gasteiger partial charge in [0.25, 0.3) is 0 Å². The van der Waals surface area contributed by atoms with Crippen LogP contribution in [0.4, 0.5) is 5.13 Å². The minimum Gasteiger partial charge on any atom is -0.363 e. The maximum Gasteiger partial charge on any atom is 0.205 e. The Morgan fingerprint density at radius 1 is 1.24 bits per heavy atom. The molecule has 0 radical (unpaired) electrons. The summed E-state index contributed by atoms with van der Waals surface area (Å²) in [6.45, 7) is 4.08. The van der Waals surface area contributed by atoms with Crippen molar-refractivity contribution in [2.24, 2.45) is 0 Å². The lowest BCUT2D eigenvalue weighted by atomic mass is 10.0. The van der Waals surface area contributed by atoms with Gasteiger partial charge in [0.2, 0.25) is 5.13 Å². The Bertz CT molecular complexity index is 570. The number of benzene rings is 1. The van der Waals surface area contributed by atoms with E-state index in [9.17, 15) is 0 Å². The predicted molar refractivity (Wildman–Crippen MR) is 86.5 cm³/mol. The van der Waals surface area contributed by atoms with E-state index in [1.807, 2.05) is 7.05 Å². The van der Waals surface area contributed by atoms with Gasteiger partial charge in [-0.25, -0.2) is 0 Å². The monoisotopic (exact) mass is 303 g/mol. The van der Waals surface area contributed by atoms with Crippen molar-refractivity contribution in [1.29, 1.82) is 0 Å². The van der Waals surface area contributed by atoms with E-state index < -0.39 is 0 Å². The molecule has 112 valence electrons. The highest BCUT2D eigenvalue weighted by Gasteiger charge is 2.27. The standard InChI is InChI=1S/C15H21N5S/c1-16-15-18-17-14(21-15)11-20-9-8-19(2)10-13(20)12-6-4-3-5-7-12/h3-7,13H,8-11H2,1-2H3,(H,16,18). The van der Waals surface area contributed by atoms with Crippen LogP contribution in [0.3, 0.4) is 0 Å². The van der Waals surface area contributed by atoms with E-state index in [4.69, 9.17) is 0 Å². The van der Waals surface area contributed by atoms with Crippen molar-refractivity contribution >= 4 is 16.5 Å². The molecular formula is C15H21N5S. The maximum absolute atomic E-state index is 4.28. The van der Waals surface area contributed by atoms with Gasteiger partial charge in [0.1, 0.15) is 5.01 Å². The number of hydrogen-bond donors (Lipinski definition) is 1. The van der Waals surface area contributed by atoms with Gasteiger partial charge in [-0.05, 0) is 12.6 Å². The second kappa shape index (κ2) is 6.51.